The summed E-state index contributed by atoms with van der Waals surface area (Å²) in [6.07, 6.45) is 1.41. The Morgan fingerprint density at radius 1 is 1.06 bits per heavy atom. The van der Waals surface area contributed by atoms with Gasteiger partial charge in [0.1, 0.15) is 0 Å². The van der Waals surface area contributed by atoms with Gasteiger partial charge in [-0.25, -0.2) is 8.42 Å². The Hall–Kier alpha value is -2.78. The fourth-order valence-corrected chi connectivity index (χ4v) is 4.89. The van der Waals surface area contributed by atoms with Gasteiger partial charge in [0.25, 0.3) is 5.91 Å². The molecule has 0 aliphatic carbocycles. The molecule has 1 aliphatic rings. The molecule has 0 N–H and O–H groups in total. The number of carbonyl (C=O) groups excluding carboxylic acids is 1. The van der Waals surface area contributed by atoms with Crippen LogP contribution < -0.4 is 14.2 Å². The molecule has 1 heterocycles. The molecule has 1 amide bonds. The number of amides is 1. The summed E-state index contributed by atoms with van der Waals surface area (Å²) in [5, 5.41) is 0. The second-order valence-corrected chi connectivity index (χ2v) is 9.43. The summed E-state index contributed by atoms with van der Waals surface area (Å²) in [5.74, 6) is 0.597. The van der Waals surface area contributed by atoms with E-state index in [0.29, 0.717) is 48.7 Å². The van der Waals surface area contributed by atoms with Gasteiger partial charge in [0, 0.05) is 29.8 Å². The topological polar surface area (TPSA) is 105 Å². The summed E-state index contributed by atoms with van der Waals surface area (Å²) >= 11 is 0. The first-order valence-corrected chi connectivity index (χ1v) is 11.9. The molecule has 32 heavy (non-hydrogen) atoms. The van der Waals surface area contributed by atoms with Gasteiger partial charge in [-0.1, -0.05) is 30.3 Å². The lowest BCUT2D eigenvalue weighted by Crippen LogP contribution is -2.35. The van der Waals surface area contributed by atoms with Gasteiger partial charge in [-0.05, 0) is 37.0 Å². The van der Waals surface area contributed by atoms with Gasteiger partial charge in [0.05, 0.1) is 31.4 Å². The Bertz CT molecular complexity index is 1030. The maximum atomic E-state index is 13.4. The van der Waals surface area contributed by atoms with Crippen molar-refractivity contribution in [3.63, 3.8) is 0 Å². The summed E-state index contributed by atoms with van der Waals surface area (Å²) in [4.78, 5) is 15.1. The van der Waals surface area contributed by atoms with E-state index in [1.54, 1.807) is 17.0 Å². The largest absolute Gasteiger partial charge is 0.748 e. The van der Waals surface area contributed by atoms with Gasteiger partial charge in [-0.2, -0.15) is 0 Å². The molecule has 0 radical (unpaired) electrons. The van der Waals surface area contributed by atoms with E-state index in [1.807, 2.05) is 30.3 Å². The number of rotatable bonds is 9. The second-order valence-electron chi connectivity index (χ2n) is 7.90. The Balaban J connectivity index is 1.88. The van der Waals surface area contributed by atoms with Crippen LogP contribution in [-0.2, 0) is 15.5 Å². The van der Waals surface area contributed by atoms with E-state index in [1.165, 1.54) is 21.3 Å². The molecule has 0 spiro atoms. The summed E-state index contributed by atoms with van der Waals surface area (Å²) in [6.45, 7) is 0.930. The van der Waals surface area contributed by atoms with Gasteiger partial charge >= 0.3 is 0 Å². The van der Waals surface area contributed by atoms with Gasteiger partial charge in [0.15, 0.2) is 11.5 Å². The highest BCUT2D eigenvalue weighted by molar-refractivity contribution is 7.85. The third kappa shape index (κ3) is 5.16. The van der Waals surface area contributed by atoms with Crippen molar-refractivity contribution in [1.82, 2.24) is 4.90 Å². The average Bonchev–Trinajstić information content (AvgIpc) is 3.22. The standard InChI is InChI=1S/C23H29NO7S/c1-29-19-14-17(15-20(30-2)21(19)31-3)22(25)24-12-11-23(16-24,10-7-13-32(26,27)28)18-8-5-4-6-9-18/h4-6,8-9,14-15H,7,10-13,16H2,1-3H3,(H,26,27,28)/p-1. The molecule has 0 aromatic heterocycles. The molecular weight excluding hydrogens is 434 g/mol. The molecule has 9 heteroatoms. The van der Waals surface area contributed by atoms with Crippen LogP contribution in [0.25, 0.3) is 0 Å². The van der Waals surface area contributed by atoms with Crippen molar-refractivity contribution < 1.29 is 32.0 Å². The maximum absolute atomic E-state index is 13.4. The molecule has 1 atom stereocenters. The molecule has 0 saturated carbocycles. The maximum Gasteiger partial charge on any atom is 0.254 e. The van der Waals surface area contributed by atoms with Crippen LogP contribution in [0.1, 0.15) is 35.2 Å². The predicted molar refractivity (Wildman–Crippen MR) is 119 cm³/mol. The van der Waals surface area contributed by atoms with Gasteiger partial charge < -0.3 is 23.7 Å². The van der Waals surface area contributed by atoms with E-state index in [-0.39, 0.29) is 12.3 Å². The molecule has 8 nitrogen and oxygen atoms in total. The van der Waals surface area contributed by atoms with Crippen molar-refractivity contribution >= 4 is 16.0 Å². The lowest BCUT2D eigenvalue weighted by atomic mass is 9.76. The fourth-order valence-electron chi connectivity index (χ4n) is 4.40. The average molecular weight is 463 g/mol. The van der Waals surface area contributed by atoms with Crippen LogP contribution in [0.5, 0.6) is 17.2 Å². The molecule has 1 aliphatic heterocycles. The number of likely N-dealkylation sites (tertiary alicyclic amines) is 1. The number of carbonyl (C=O) groups is 1. The molecule has 3 rings (SSSR count). The Morgan fingerprint density at radius 2 is 1.69 bits per heavy atom. The third-order valence-electron chi connectivity index (χ3n) is 5.99. The SMILES string of the molecule is COc1cc(C(=O)N2CCC(CCCS(=O)(=O)[O-])(c3ccccc3)C2)cc(OC)c1OC. The Morgan fingerprint density at radius 3 is 2.22 bits per heavy atom. The van der Waals surface area contributed by atoms with Crippen LogP contribution in [0.15, 0.2) is 42.5 Å². The molecule has 0 bridgehead atoms. The van der Waals surface area contributed by atoms with Crippen molar-refractivity contribution in [3.8, 4) is 17.2 Å². The first kappa shape index (κ1) is 23.9. The van der Waals surface area contributed by atoms with Gasteiger partial charge in [-0.3, -0.25) is 4.79 Å². The normalized spacial score (nSPS) is 18.4. The van der Waals surface area contributed by atoms with E-state index in [2.05, 4.69) is 0 Å². The number of methoxy groups -OCH3 is 3. The van der Waals surface area contributed by atoms with Crippen LogP contribution >= 0.6 is 0 Å². The smallest absolute Gasteiger partial charge is 0.254 e. The highest BCUT2D eigenvalue weighted by atomic mass is 32.2. The highest BCUT2D eigenvalue weighted by Gasteiger charge is 2.41. The zero-order valence-corrected chi connectivity index (χ0v) is 19.3. The molecule has 1 unspecified atom stereocenters. The number of hydrogen-bond donors (Lipinski definition) is 0. The summed E-state index contributed by atoms with van der Waals surface area (Å²) in [5.41, 5.74) is 1.02. The number of nitrogens with zero attached hydrogens (tertiary/aromatic N) is 1. The molecular formula is C23H28NO7S-. The molecule has 2 aromatic carbocycles. The van der Waals surface area contributed by atoms with E-state index < -0.39 is 21.3 Å². The fraction of sp³-hybridized carbons (Fsp3) is 0.435. The molecule has 2 aromatic rings. The van der Waals surface area contributed by atoms with E-state index in [9.17, 15) is 17.8 Å². The minimum Gasteiger partial charge on any atom is -0.748 e. The zero-order valence-electron chi connectivity index (χ0n) is 18.5. The minimum atomic E-state index is -4.29. The van der Waals surface area contributed by atoms with Crippen molar-refractivity contribution in [3.05, 3.63) is 53.6 Å². The van der Waals surface area contributed by atoms with Gasteiger partial charge in [-0.15, -0.1) is 0 Å². The number of ether oxygens (including phenoxy) is 3. The van der Waals surface area contributed by atoms with Crippen LogP contribution in [-0.4, -0.2) is 63.9 Å². The number of benzene rings is 2. The lowest BCUT2D eigenvalue weighted by molar-refractivity contribution is 0.0781. The van der Waals surface area contributed by atoms with Crippen LogP contribution in [0.3, 0.4) is 0 Å². The molecule has 174 valence electrons. The molecule has 1 fully saturated rings. The summed E-state index contributed by atoms with van der Waals surface area (Å²) < 4.78 is 49.4. The lowest BCUT2D eigenvalue weighted by Gasteiger charge is -2.30. The minimum absolute atomic E-state index is 0.182. The quantitative estimate of drug-likeness (QED) is 0.528. The Labute approximate surface area is 188 Å². The van der Waals surface area contributed by atoms with Crippen molar-refractivity contribution in [2.24, 2.45) is 0 Å². The third-order valence-corrected chi connectivity index (χ3v) is 6.78. The Kier molecular flexibility index (Phi) is 7.30. The van der Waals surface area contributed by atoms with Crippen molar-refractivity contribution in [1.29, 1.82) is 0 Å². The zero-order chi connectivity index (χ0) is 23.4. The van der Waals surface area contributed by atoms with Crippen molar-refractivity contribution in [2.75, 3.05) is 40.2 Å². The summed E-state index contributed by atoms with van der Waals surface area (Å²) in [7, 11) is 0.193. The van der Waals surface area contributed by atoms with Crippen LogP contribution in [0, 0.1) is 0 Å². The van der Waals surface area contributed by atoms with Gasteiger partial charge in [0.2, 0.25) is 5.75 Å². The predicted octanol–water partition coefficient (Wildman–Crippen LogP) is 2.82. The van der Waals surface area contributed by atoms with Crippen LogP contribution in [0.4, 0.5) is 0 Å². The monoisotopic (exact) mass is 462 g/mol. The first-order chi connectivity index (χ1) is 15.2. The number of hydrogen-bond acceptors (Lipinski definition) is 7. The first-order valence-electron chi connectivity index (χ1n) is 10.3. The highest BCUT2D eigenvalue weighted by Crippen LogP contribution is 2.41. The van der Waals surface area contributed by atoms with Crippen molar-refractivity contribution in [2.45, 2.75) is 24.7 Å². The van der Waals surface area contributed by atoms with E-state index in [4.69, 9.17) is 14.2 Å². The van der Waals surface area contributed by atoms with E-state index >= 15 is 0 Å². The molecule has 1 saturated heterocycles. The second kappa shape index (κ2) is 9.79. The van der Waals surface area contributed by atoms with E-state index in [0.717, 1.165) is 5.56 Å². The summed E-state index contributed by atoms with van der Waals surface area (Å²) in [6, 6.07) is 13.0. The van der Waals surface area contributed by atoms with Crippen LogP contribution in [0.2, 0.25) is 0 Å².